The highest BCUT2D eigenvalue weighted by Crippen LogP contribution is 2.30. The normalized spacial score (nSPS) is 10.4. The Labute approximate surface area is 172 Å². The molecule has 29 heavy (non-hydrogen) atoms. The van der Waals surface area contributed by atoms with Gasteiger partial charge in [0.15, 0.2) is 16.6 Å². The van der Waals surface area contributed by atoms with Crippen LogP contribution in [-0.2, 0) is 4.79 Å². The minimum Gasteiger partial charge on any atom is -0.493 e. The summed E-state index contributed by atoms with van der Waals surface area (Å²) < 4.78 is 16.4. The Balaban J connectivity index is 1.47. The second-order valence-corrected chi connectivity index (χ2v) is 7.20. The summed E-state index contributed by atoms with van der Waals surface area (Å²) in [6, 6.07) is 8.95. The number of carbonyl (C=O) groups excluding carboxylic acids is 1. The summed E-state index contributed by atoms with van der Waals surface area (Å²) >= 11 is 1.38. The predicted octanol–water partition coefficient (Wildman–Crippen LogP) is 4.70. The lowest BCUT2D eigenvalue weighted by Gasteiger charge is -2.10. The van der Waals surface area contributed by atoms with Crippen LogP contribution in [0.3, 0.4) is 0 Å². The molecule has 8 heteroatoms. The van der Waals surface area contributed by atoms with E-state index in [-0.39, 0.29) is 5.91 Å². The number of anilines is 1. The number of carbonyl (C=O) groups is 1. The average molecular weight is 411 g/mol. The third kappa shape index (κ3) is 5.15. The van der Waals surface area contributed by atoms with Crippen molar-refractivity contribution in [3.05, 3.63) is 46.7 Å². The largest absolute Gasteiger partial charge is 0.493 e. The number of nitrogens with zero attached hydrogens (tertiary/aromatic N) is 2. The molecule has 150 valence electrons. The number of nitrogens with one attached hydrogen (secondary N) is 1. The summed E-state index contributed by atoms with van der Waals surface area (Å²) in [7, 11) is 1.52. The van der Waals surface area contributed by atoms with E-state index in [2.05, 4.69) is 16.4 Å². The van der Waals surface area contributed by atoms with Gasteiger partial charge in [-0.2, -0.15) is 5.26 Å². The topological polar surface area (TPSA) is 97.4 Å². The second-order valence-electron chi connectivity index (χ2n) is 6.34. The van der Waals surface area contributed by atoms with Gasteiger partial charge < -0.3 is 19.2 Å². The minimum atomic E-state index is -0.124. The smallest absolute Gasteiger partial charge is 0.226 e. The Morgan fingerprint density at radius 3 is 2.83 bits per heavy atom. The molecule has 2 aromatic heterocycles. The Kier molecular flexibility index (Phi) is 6.52. The SMILES string of the molecule is COc1cc(C#N)ccc1OCCCC(=O)Nc1nc(-c2cc(C)oc2C)cs1. The molecule has 0 spiro atoms. The molecule has 0 fully saturated rings. The molecule has 3 rings (SSSR count). The van der Waals surface area contributed by atoms with E-state index in [1.807, 2.05) is 25.3 Å². The van der Waals surface area contributed by atoms with Crippen LogP contribution in [0.15, 0.2) is 34.1 Å². The molecule has 0 radical (unpaired) electrons. The van der Waals surface area contributed by atoms with E-state index in [4.69, 9.17) is 19.2 Å². The molecule has 0 unspecified atom stereocenters. The zero-order chi connectivity index (χ0) is 20.8. The summed E-state index contributed by atoms with van der Waals surface area (Å²) in [6.07, 6.45) is 0.838. The van der Waals surface area contributed by atoms with Gasteiger partial charge in [-0.3, -0.25) is 4.79 Å². The van der Waals surface area contributed by atoms with Crippen LogP contribution in [0.25, 0.3) is 11.3 Å². The summed E-state index contributed by atoms with van der Waals surface area (Å²) in [6.45, 7) is 4.14. The number of aromatic nitrogens is 1. The number of rotatable bonds is 8. The molecule has 0 bridgehead atoms. The number of nitriles is 1. The van der Waals surface area contributed by atoms with Crippen molar-refractivity contribution < 1.29 is 18.7 Å². The number of hydrogen-bond donors (Lipinski definition) is 1. The average Bonchev–Trinajstić information content (AvgIpc) is 3.30. The van der Waals surface area contributed by atoms with Crippen LogP contribution >= 0.6 is 11.3 Å². The van der Waals surface area contributed by atoms with Gasteiger partial charge in [-0.05, 0) is 38.5 Å². The van der Waals surface area contributed by atoms with Crippen LogP contribution in [0.1, 0.15) is 29.9 Å². The van der Waals surface area contributed by atoms with Gasteiger partial charge in [-0.25, -0.2) is 4.98 Å². The van der Waals surface area contributed by atoms with Gasteiger partial charge in [0, 0.05) is 23.4 Å². The zero-order valence-corrected chi connectivity index (χ0v) is 17.3. The zero-order valence-electron chi connectivity index (χ0n) is 16.4. The maximum absolute atomic E-state index is 12.2. The Hall–Kier alpha value is -3.31. The van der Waals surface area contributed by atoms with E-state index in [1.165, 1.54) is 18.4 Å². The fourth-order valence-corrected chi connectivity index (χ4v) is 3.52. The predicted molar refractivity (Wildman–Crippen MR) is 110 cm³/mol. The van der Waals surface area contributed by atoms with Crippen molar-refractivity contribution in [1.29, 1.82) is 5.26 Å². The molecule has 1 aromatic carbocycles. The van der Waals surface area contributed by atoms with Gasteiger partial charge in [-0.15, -0.1) is 11.3 Å². The summed E-state index contributed by atoms with van der Waals surface area (Å²) in [5, 5.41) is 14.2. The number of furan rings is 1. The highest BCUT2D eigenvalue weighted by atomic mass is 32.1. The number of thiazole rings is 1. The molecule has 7 nitrogen and oxygen atoms in total. The quantitative estimate of drug-likeness (QED) is 0.540. The van der Waals surface area contributed by atoms with Crippen molar-refractivity contribution in [2.24, 2.45) is 0 Å². The molecule has 0 aliphatic rings. The highest BCUT2D eigenvalue weighted by Gasteiger charge is 2.13. The molecule has 0 saturated heterocycles. The van der Waals surface area contributed by atoms with Gasteiger partial charge in [0.25, 0.3) is 0 Å². The monoisotopic (exact) mass is 411 g/mol. The molecule has 2 heterocycles. The number of aryl methyl sites for hydroxylation is 2. The summed E-state index contributed by atoms with van der Waals surface area (Å²) in [5.74, 6) is 2.55. The number of benzene rings is 1. The first kappa shape index (κ1) is 20.4. The van der Waals surface area contributed by atoms with E-state index >= 15 is 0 Å². The lowest BCUT2D eigenvalue weighted by Crippen LogP contribution is -2.12. The van der Waals surface area contributed by atoms with Crippen molar-refractivity contribution in [1.82, 2.24) is 4.98 Å². The maximum atomic E-state index is 12.2. The third-order valence-electron chi connectivity index (χ3n) is 4.17. The first-order valence-corrected chi connectivity index (χ1v) is 9.92. The molecule has 0 saturated carbocycles. The van der Waals surface area contributed by atoms with E-state index < -0.39 is 0 Å². The number of methoxy groups -OCH3 is 1. The Morgan fingerprint density at radius 1 is 1.31 bits per heavy atom. The van der Waals surface area contributed by atoms with Gasteiger partial charge >= 0.3 is 0 Å². The van der Waals surface area contributed by atoms with E-state index in [0.717, 1.165) is 22.8 Å². The van der Waals surface area contributed by atoms with Crippen LogP contribution in [0.5, 0.6) is 11.5 Å². The first-order chi connectivity index (χ1) is 14.0. The molecular weight excluding hydrogens is 390 g/mol. The number of ether oxygens (including phenoxy) is 2. The molecule has 0 aliphatic heterocycles. The standard InChI is InChI=1S/C21H21N3O4S/c1-13-9-16(14(2)28-13)17-12-29-21(23-17)24-20(25)5-4-8-27-18-7-6-15(11-22)10-19(18)26-3/h6-7,9-10,12H,4-5,8H2,1-3H3,(H,23,24,25). The van der Waals surface area contributed by atoms with Gasteiger partial charge in [0.05, 0.1) is 31.0 Å². The minimum absolute atomic E-state index is 0.124. The number of amides is 1. The van der Waals surface area contributed by atoms with Crippen LogP contribution in [0, 0.1) is 25.2 Å². The molecule has 0 aliphatic carbocycles. The Morgan fingerprint density at radius 2 is 2.14 bits per heavy atom. The maximum Gasteiger partial charge on any atom is 0.226 e. The van der Waals surface area contributed by atoms with Gasteiger partial charge in [-0.1, -0.05) is 0 Å². The van der Waals surface area contributed by atoms with Crippen LogP contribution < -0.4 is 14.8 Å². The van der Waals surface area contributed by atoms with Crippen LogP contribution in [0.2, 0.25) is 0 Å². The third-order valence-corrected chi connectivity index (χ3v) is 4.92. The fourth-order valence-electron chi connectivity index (χ4n) is 2.79. The highest BCUT2D eigenvalue weighted by molar-refractivity contribution is 7.14. The molecule has 3 aromatic rings. The molecule has 1 amide bonds. The summed E-state index contributed by atoms with van der Waals surface area (Å²) in [5.41, 5.74) is 2.22. The lowest BCUT2D eigenvalue weighted by molar-refractivity contribution is -0.116. The van der Waals surface area contributed by atoms with E-state index in [0.29, 0.717) is 41.6 Å². The molecular formula is C21H21N3O4S. The van der Waals surface area contributed by atoms with Gasteiger partial charge in [0.2, 0.25) is 5.91 Å². The van der Waals surface area contributed by atoms with Crippen molar-refractivity contribution in [3.63, 3.8) is 0 Å². The van der Waals surface area contributed by atoms with E-state index in [9.17, 15) is 4.79 Å². The molecule has 0 atom stereocenters. The number of hydrogen-bond acceptors (Lipinski definition) is 7. The Bertz CT molecular complexity index is 1050. The van der Waals surface area contributed by atoms with Gasteiger partial charge in [0.1, 0.15) is 11.5 Å². The molecule has 1 N–H and O–H groups in total. The summed E-state index contributed by atoms with van der Waals surface area (Å²) in [4.78, 5) is 16.6. The second kappa shape index (κ2) is 9.26. The van der Waals surface area contributed by atoms with Crippen LogP contribution in [0.4, 0.5) is 5.13 Å². The van der Waals surface area contributed by atoms with Crippen molar-refractivity contribution in [3.8, 4) is 28.8 Å². The van der Waals surface area contributed by atoms with Crippen molar-refractivity contribution >= 4 is 22.4 Å². The van der Waals surface area contributed by atoms with Crippen molar-refractivity contribution in [2.45, 2.75) is 26.7 Å². The fraction of sp³-hybridized carbons (Fsp3) is 0.286. The van der Waals surface area contributed by atoms with Crippen molar-refractivity contribution in [2.75, 3.05) is 19.0 Å². The van der Waals surface area contributed by atoms with E-state index in [1.54, 1.807) is 18.2 Å². The lowest BCUT2D eigenvalue weighted by atomic mass is 10.2. The van der Waals surface area contributed by atoms with Crippen LogP contribution in [-0.4, -0.2) is 24.6 Å². The first-order valence-electron chi connectivity index (χ1n) is 9.04.